The van der Waals surface area contributed by atoms with Crippen molar-refractivity contribution in [2.24, 2.45) is 0 Å². The highest BCUT2D eigenvalue weighted by atomic mass is 127. The predicted molar refractivity (Wildman–Crippen MR) is 386 cm³/mol. The van der Waals surface area contributed by atoms with Gasteiger partial charge in [-0.1, -0.05) is 280 Å². The van der Waals surface area contributed by atoms with Gasteiger partial charge in [-0.15, -0.1) is 0 Å². The summed E-state index contributed by atoms with van der Waals surface area (Å²) in [5, 5.41) is 0. The van der Waals surface area contributed by atoms with E-state index < -0.39 is 0 Å². The molecule has 4 aromatic heterocycles. The third kappa shape index (κ3) is 21.9. The van der Waals surface area contributed by atoms with Crippen LogP contribution in [-0.2, 0) is 6.42 Å². The van der Waals surface area contributed by atoms with Crippen LogP contribution in [0.3, 0.4) is 0 Å². The molecule has 0 atom stereocenters. The van der Waals surface area contributed by atoms with Gasteiger partial charge in [-0.2, -0.15) is 0 Å². The SMILES string of the molecule is Brc1ccccc1.CCI.Cc1cccnc1-c1cccc(Cc2cccc(-c3ncccc3C)c2)c1.Cc1cccnc1-c1cccc(N(c2ccccc2)c2cccc(-c3ncccc3C)c2)c1.IC(I)I.ICI. The van der Waals surface area contributed by atoms with Gasteiger partial charge in [0, 0.05) is 68.6 Å². The van der Waals surface area contributed by atoms with Crippen LogP contribution < -0.4 is 4.90 Å². The number of aromatic nitrogens is 4. The number of benzene rings is 6. The lowest BCUT2D eigenvalue weighted by Gasteiger charge is -2.26. The molecule has 0 aliphatic rings. The van der Waals surface area contributed by atoms with Crippen LogP contribution in [-0.4, -0.2) is 26.7 Å². The number of anilines is 3. The number of hydrogen-bond donors (Lipinski definition) is 0. The molecular weight excluding hydrogens is 1690 g/mol. The molecule has 0 radical (unpaired) electrons. The summed E-state index contributed by atoms with van der Waals surface area (Å²) in [5.74, 6) is 0. The van der Waals surface area contributed by atoms with Crippen molar-refractivity contribution in [3.8, 4) is 45.0 Å². The van der Waals surface area contributed by atoms with Crippen LogP contribution in [0.5, 0.6) is 0 Å². The van der Waals surface area contributed by atoms with Crippen LogP contribution in [0, 0.1) is 27.7 Å². The van der Waals surface area contributed by atoms with Crippen LogP contribution in [0.1, 0.15) is 40.3 Å². The highest BCUT2D eigenvalue weighted by Gasteiger charge is 2.16. The summed E-state index contributed by atoms with van der Waals surface area (Å²) < 4.78 is 4.29. The monoisotopic (exact) mass is 1750 g/mol. The van der Waals surface area contributed by atoms with E-state index in [0.717, 1.165) is 72.9 Å². The summed E-state index contributed by atoms with van der Waals surface area (Å²) in [5.41, 5.74) is 19.2. The molecule has 77 heavy (non-hydrogen) atoms. The Balaban J connectivity index is 0.000000221. The molecule has 0 unspecified atom stereocenters. The fraction of sp³-hybridized carbons (Fsp3) is 0.138. The first-order valence-electron chi connectivity index (χ1n) is 24.6. The van der Waals surface area contributed by atoms with Gasteiger partial charge in [0.25, 0.3) is 0 Å². The molecule has 4 heterocycles. The number of pyridine rings is 4. The lowest BCUT2D eigenvalue weighted by Crippen LogP contribution is -2.10. The molecule has 0 aliphatic heterocycles. The summed E-state index contributed by atoms with van der Waals surface area (Å²) in [6.07, 6.45) is 8.30. The second-order valence-corrected chi connectivity index (χ2v) is 34.7. The average Bonchev–Trinajstić information content (AvgIpc) is 3.43. The maximum Gasteiger partial charge on any atom is 0.114 e. The fourth-order valence-electron chi connectivity index (χ4n) is 8.07. The fourth-order valence-corrected chi connectivity index (χ4v) is 8.37. The Bertz CT molecular complexity index is 3130. The lowest BCUT2D eigenvalue weighted by molar-refractivity contribution is 1.18. The molecular formula is C65H60BrI6N5. The molecule has 0 N–H and O–H groups in total. The minimum Gasteiger partial charge on any atom is -0.310 e. The number of halogens is 7. The molecule has 12 heteroatoms. The van der Waals surface area contributed by atoms with Gasteiger partial charge < -0.3 is 4.90 Å². The van der Waals surface area contributed by atoms with Gasteiger partial charge in [0.1, 0.15) is -0.0619 Å². The van der Waals surface area contributed by atoms with E-state index in [2.05, 4.69) is 357 Å². The van der Waals surface area contributed by atoms with Gasteiger partial charge in [0.15, 0.2) is 0 Å². The molecule has 0 saturated heterocycles. The van der Waals surface area contributed by atoms with Crippen LogP contribution in [0.4, 0.5) is 17.1 Å². The van der Waals surface area contributed by atoms with Crippen LogP contribution in [0.2, 0.25) is 0 Å². The van der Waals surface area contributed by atoms with Crippen molar-refractivity contribution in [2.75, 3.05) is 11.8 Å². The van der Waals surface area contributed by atoms with Crippen molar-refractivity contribution < 1.29 is 0 Å². The molecule has 0 aliphatic carbocycles. The Kier molecular flexibility index (Phi) is 30.1. The second-order valence-electron chi connectivity index (χ2n) is 16.9. The van der Waals surface area contributed by atoms with E-state index in [1.807, 2.05) is 85.5 Å². The Morgan fingerprint density at radius 2 is 0.675 bits per heavy atom. The van der Waals surface area contributed by atoms with Crippen molar-refractivity contribution in [2.45, 2.75) is 41.0 Å². The first-order valence-corrected chi connectivity index (χ1v) is 33.7. The maximum atomic E-state index is 4.63. The smallest absolute Gasteiger partial charge is 0.114 e. The molecule has 6 aromatic carbocycles. The van der Waals surface area contributed by atoms with Gasteiger partial charge in [-0.25, -0.2) is 0 Å². The number of alkyl halides is 6. The van der Waals surface area contributed by atoms with Crippen LogP contribution >= 0.6 is 151 Å². The van der Waals surface area contributed by atoms with Crippen LogP contribution in [0.15, 0.2) is 236 Å². The van der Waals surface area contributed by atoms with E-state index in [-0.39, 0.29) is 0 Å². The van der Waals surface area contributed by atoms with Crippen LogP contribution in [0.25, 0.3) is 45.0 Å². The maximum absolute atomic E-state index is 4.63. The van der Waals surface area contributed by atoms with E-state index in [9.17, 15) is 0 Å². The molecule has 0 amide bonds. The summed E-state index contributed by atoms with van der Waals surface area (Å²) >= 11 is 17.1. The number of hydrogen-bond acceptors (Lipinski definition) is 5. The van der Waals surface area contributed by atoms with Gasteiger partial charge in [-0.3, -0.25) is 19.9 Å². The van der Waals surface area contributed by atoms with E-state index in [4.69, 9.17) is 0 Å². The standard InChI is InChI=1S/C30H25N3.C25H22N2.C6H5Br.C2H5I.CHI3.CH2I2/c1-22-10-8-18-31-29(22)24-12-6-16-27(20-24)33(26-14-4-3-5-15-26)28-17-7-13-25(21-28)30-23(2)11-9-19-32-30;1-18-7-5-13-26-24(18)22-11-3-9-20(16-22)15-21-10-4-12-23(17-21)25-19(2)8-6-14-27-25;7-6-4-2-1-3-5-6;1-2-3;2-1(3)4;2-1-3/h3-21H,1-2H3;3-14,16-17H,15H2,1-2H3;1-5H;2H2,1H3;1H;1H2. The van der Waals surface area contributed by atoms with Gasteiger partial charge in [-0.05, 0) is 157 Å². The van der Waals surface area contributed by atoms with Gasteiger partial charge in [0.2, 0.25) is 0 Å². The molecule has 5 nitrogen and oxygen atoms in total. The first-order chi connectivity index (χ1) is 37.4. The quantitative estimate of drug-likeness (QED) is 0.106. The Morgan fingerprint density at radius 3 is 0.974 bits per heavy atom. The minimum atomic E-state index is 0.743. The predicted octanol–water partition coefficient (Wildman–Crippen LogP) is 22.2. The summed E-state index contributed by atoms with van der Waals surface area (Å²) in [6.45, 7) is 10.5. The minimum absolute atomic E-state index is 0.743. The number of nitrogens with zero attached hydrogens (tertiary/aromatic N) is 5. The van der Waals surface area contributed by atoms with Crippen molar-refractivity contribution >= 4 is 169 Å². The molecule has 0 spiro atoms. The third-order valence-electron chi connectivity index (χ3n) is 11.3. The number of para-hydroxylation sites is 1. The summed E-state index contributed by atoms with van der Waals surface area (Å²) in [4.78, 5) is 20.6. The van der Waals surface area contributed by atoms with E-state index in [1.165, 1.54) is 40.2 Å². The average molecular weight is 1750 g/mol. The molecule has 10 rings (SSSR count). The third-order valence-corrected chi connectivity index (χ3v) is 11.9. The zero-order chi connectivity index (χ0) is 55.4. The largest absolute Gasteiger partial charge is 0.310 e. The zero-order valence-corrected chi connectivity index (χ0v) is 58.1. The highest BCUT2D eigenvalue weighted by Crippen LogP contribution is 2.38. The van der Waals surface area contributed by atoms with Crippen molar-refractivity contribution in [1.82, 2.24) is 19.9 Å². The highest BCUT2D eigenvalue weighted by molar-refractivity contribution is 14.3. The van der Waals surface area contributed by atoms with E-state index in [1.54, 1.807) is 0 Å². The number of aryl methyl sites for hydroxylation is 4. The van der Waals surface area contributed by atoms with Crippen molar-refractivity contribution in [1.29, 1.82) is 0 Å². The first kappa shape index (κ1) is 64.4. The molecule has 0 saturated carbocycles. The van der Waals surface area contributed by atoms with E-state index >= 15 is 0 Å². The zero-order valence-electron chi connectivity index (χ0n) is 43.5. The molecule has 394 valence electrons. The Labute approximate surface area is 547 Å². The molecule has 10 aromatic rings. The van der Waals surface area contributed by atoms with Crippen molar-refractivity contribution in [3.63, 3.8) is 0 Å². The Hall–Kier alpha value is -3.42. The van der Waals surface area contributed by atoms with Gasteiger partial charge in [0.05, 0.1) is 25.2 Å². The van der Waals surface area contributed by atoms with E-state index in [0.29, 0.717) is 0 Å². The lowest BCUT2D eigenvalue weighted by atomic mass is 9.97. The number of rotatable bonds is 9. The Morgan fingerprint density at radius 1 is 0.390 bits per heavy atom. The van der Waals surface area contributed by atoms with Crippen molar-refractivity contribution in [3.05, 3.63) is 269 Å². The molecule has 0 bridgehead atoms. The summed E-state index contributed by atoms with van der Waals surface area (Å²) in [7, 11) is 0. The summed E-state index contributed by atoms with van der Waals surface area (Å²) in [6, 6.07) is 71.2. The second kappa shape index (κ2) is 36.0. The van der Waals surface area contributed by atoms with Gasteiger partial charge >= 0.3 is 0 Å². The topological polar surface area (TPSA) is 54.8 Å². The normalized spacial score (nSPS) is 10.1. The molecule has 0 fully saturated rings.